The maximum absolute atomic E-state index is 12.4. The molecule has 0 bridgehead atoms. The molecule has 2 aliphatic rings. The Morgan fingerprint density at radius 1 is 1.59 bits per heavy atom. The van der Waals surface area contributed by atoms with E-state index in [2.05, 4.69) is 27.1 Å². The van der Waals surface area contributed by atoms with E-state index in [-0.39, 0.29) is 17.2 Å². The van der Waals surface area contributed by atoms with Crippen molar-refractivity contribution in [3.8, 4) is 6.07 Å². The minimum absolute atomic E-state index is 0.00412. The molecule has 6 nitrogen and oxygen atoms in total. The highest BCUT2D eigenvalue weighted by atomic mass is 79.9. The summed E-state index contributed by atoms with van der Waals surface area (Å²) in [7, 11) is 0. The van der Waals surface area contributed by atoms with Crippen molar-refractivity contribution in [3.05, 3.63) is 39.2 Å². The maximum Gasteiger partial charge on any atom is 0.205 e. The lowest BCUT2D eigenvalue weighted by Crippen LogP contribution is -2.27. The largest absolute Gasteiger partial charge is 0.444 e. The Balaban J connectivity index is 2.20. The molecule has 0 amide bonds. The van der Waals surface area contributed by atoms with Crippen molar-refractivity contribution in [2.75, 3.05) is 0 Å². The first-order valence-electron chi connectivity index (χ1n) is 7.13. The van der Waals surface area contributed by atoms with E-state index in [0.29, 0.717) is 36.4 Å². The third-order valence-corrected chi connectivity index (χ3v) is 4.56. The number of nitrogens with two attached hydrogens (primary N) is 1. The van der Waals surface area contributed by atoms with Gasteiger partial charge in [-0.2, -0.15) is 10.4 Å². The molecule has 0 saturated heterocycles. The Hall–Kier alpha value is -2.07. The predicted octanol–water partition coefficient (Wildman–Crippen LogP) is 2.48. The van der Waals surface area contributed by atoms with Crippen LogP contribution in [0.3, 0.4) is 0 Å². The zero-order valence-corrected chi connectivity index (χ0v) is 13.7. The number of halogens is 1. The first-order valence-corrected chi connectivity index (χ1v) is 7.92. The zero-order chi connectivity index (χ0) is 15.9. The molecule has 0 unspecified atom stereocenters. The van der Waals surface area contributed by atoms with Crippen LogP contribution in [0.25, 0.3) is 0 Å². The molecular weight excluding hydrogens is 348 g/mol. The Kier molecular flexibility index (Phi) is 3.79. The number of nitriles is 1. The van der Waals surface area contributed by atoms with Crippen LogP contribution in [0.15, 0.2) is 33.5 Å². The number of hydrogen-bond acceptors (Lipinski definition) is 5. The molecule has 1 aromatic heterocycles. The Morgan fingerprint density at radius 3 is 3.00 bits per heavy atom. The Morgan fingerprint density at radius 2 is 2.36 bits per heavy atom. The number of nitrogens with zero attached hydrogens (tertiary/aromatic N) is 3. The molecule has 2 heterocycles. The summed E-state index contributed by atoms with van der Waals surface area (Å²) < 4.78 is 8.05. The predicted molar refractivity (Wildman–Crippen MR) is 82.1 cm³/mol. The second-order valence-electron chi connectivity index (χ2n) is 5.26. The van der Waals surface area contributed by atoms with Gasteiger partial charge in [-0.1, -0.05) is 0 Å². The molecule has 1 aromatic rings. The van der Waals surface area contributed by atoms with Crippen LogP contribution in [-0.2, 0) is 16.1 Å². The SMILES string of the molecule is CCn1cc(Br)c([C@H]2C(C#N)=C(N)OC3=C2C(=O)CCC3)n1. The highest BCUT2D eigenvalue weighted by Gasteiger charge is 2.40. The number of carbonyl (C=O) groups excluding carboxylic acids is 1. The van der Waals surface area contributed by atoms with E-state index in [0.717, 1.165) is 10.9 Å². The molecule has 1 aliphatic carbocycles. The number of aromatic nitrogens is 2. The van der Waals surface area contributed by atoms with Crippen molar-refractivity contribution in [1.29, 1.82) is 5.26 Å². The van der Waals surface area contributed by atoms with Gasteiger partial charge in [0.05, 0.1) is 16.1 Å². The molecule has 22 heavy (non-hydrogen) atoms. The molecule has 0 radical (unpaired) electrons. The van der Waals surface area contributed by atoms with Crippen LogP contribution < -0.4 is 5.73 Å². The third kappa shape index (κ3) is 2.24. The van der Waals surface area contributed by atoms with Crippen molar-refractivity contribution in [3.63, 3.8) is 0 Å². The normalized spacial score (nSPS) is 21.5. The van der Waals surface area contributed by atoms with Gasteiger partial charge in [0, 0.05) is 31.2 Å². The van der Waals surface area contributed by atoms with Gasteiger partial charge < -0.3 is 10.5 Å². The summed E-state index contributed by atoms with van der Waals surface area (Å²) in [6, 6.07) is 2.08. The van der Waals surface area contributed by atoms with E-state index < -0.39 is 5.92 Å². The van der Waals surface area contributed by atoms with Gasteiger partial charge in [0.15, 0.2) is 5.78 Å². The lowest BCUT2D eigenvalue weighted by atomic mass is 9.80. The number of ether oxygens (including phenoxy) is 1. The molecule has 3 rings (SSSR count). The highest BCUT2D eigenvalue weighted by molar-refractivity contribution is 9.10. The van der Waals surface area contributed by atoms with E-state index in [9.17, 15) is 10.1 Å². The van der Waals surface area contributed by atoms with Crippen LogP contribution in [0.4, 0.5) is 0 Å². The van der Waals surface area contributed by atoms with Gasteiger partial charge in [-0.25, -0.2) is 0 Å². The summed E-state index contributed by atoms with van der Waals surface area (Å²) in [5.74, 6) is 0.0998. The average molecular weight is 363 g/mol. The van der Waals surface area contributed by atoms with Gasteiger partial charge in [-0.15, -0.1) is 0 Å². The summed E-state index contributed by atoms with van der Waals surface area (Å²) in [6.07, 6.45) is 3.69. The van der Waals surface area contributed by atoms with Crippen molar-refractivity contribution >= 4 is 21.7 Å². The number of hydrogen-bond donors (Lipinski definition) is 1. The first kappa shape index (κ1) is 14.9. The minimum Gasteiger partial charge on any atom is -0.444 e. The highest BCUT2D eigenvalue weighted by Crippen LogP contribution is 2.44. The van der Waals surface area contributed by atoms with E-state index in [4.69, 9.17) is 10.5 Å². The molecule has 0 fully saturated rings. The Bertz CT molecular complexity index is 754. The van der Waals surface area contributed by atoms with E-state index in [1.807, 2.05) is 13.1 Å². The smallest absolute Gasteiger partial charge is 0.205 e. The lowest BCUT2D eigenvalue weighted by Gasteiger charge is -2.30. The van der Waals surface area contributed by atoms with Crippen molar-refractivity contribution in [1.82, 2.24) is 9.78 Å². The van der Waals surface area contributed by atoms with Crippen molar-refractivity contribution in [2.45, 2.75) is 38.6 Å². The van der Waals surface area contributed by atoms with Crippen LogP contribution >= 0.6 is 15.9 Å². The van der Waals surface area contributed by atoms with E-state index in [1.165, 1.54) is 0 Å². The fourth-order valence-corrected chi connectivity index (χ4v) is 3.44. The monoisotopic (exact) mass is 362 g/mol. The fraction of sp³-hybridized carbons (Fsp3) is 0.400. The van der Waals surface area contributed by atoms with Crippen LogP contribution in [0.1, 0.15) is 37.8 Å². The third-order valence-electron chi connectivity index (χ3n) is 3.95. The second-order valence-corrected chi connectivity index (χ2v) is 6.11. The lowest BCUT2D eigenvalue weighted by molar-refractivity contribution is -0.116. The summed E-state index contributed by atoms with van der Waals surface area (Å²) in [4.78, 5) is 12.4. The van der Waals surface area contributed by atoms with E-state index in [1.54, 1.807) is 4.68 Å². The second kappa shape index (κ2) is 5.61. The molecule has 7 heteroatoms. The Labute approximate surface area is 136 Å². The summed E-state index contributed by atoms with van der Waals surface area (Å²) in [6.45, 7) is 2.67. The first-order chi connectivity index (χ1) is 10.6. The van der Waals surface area contributed by atoms with Gasteiger partial charge in [-0.3, -0.25) is 9.48 Å². The van der Waals surface area contributed by atoms with E-state index >= 15 is 0 Å². The molecule has 0 spiro atoms. The fourth-order valence-electron chi connectivity index (χ4n) is 2.90. The number of aryl methyl sites for hydroxylation is 1. The number of Topliss-reactive ketones (excluding diaryl/α,β-unsaturated/α-hetero) is 1. The molecule has 0 aromatic carbocycles. The van der Waals surface area contributed by atoms with Crippen LogP contribution in [0.2, 0.25) is 0 Å². The number of ketones is 1. The maximum atomic E-state index is 12.4. The molecule has 2 N–H and O–H groups in total. The summed E-state index contributed by atoms with van der Waals surface area (Å²) in [5, 5.41) is 14.0. The van der Waals surface area contributed by atoms with Gasteiger partial charge in [0.1, 0.15) is 17.4 Å². The number of allylic oxidation sites excluding steroid dienone is 3. The molecule has 1 atom stereocenters. The van der Waals surface area contributed by atoms with Gasteiger partial charge in [0.25, 0.3) is 0 Å². The summed E-state index contributed by atoms with van der Waals surface area (Å²) >= 11 is 3.48. The average Bonchev–Trinajstić information content (AvgIpc) is 2.87. The minimum atomic E-state index is -0.552. The molecule has 114 valence electrons. The zero-order valence-electron chi connectivity index (χ0n) is 12.1. The van der Waals surface area contributed by atoms with Gasteiger partial charge in [-0.05, 0) is 29.3 Å². The van der Waals surface area contributed by atoms with Gasteiger partial charge in [0.2, 0.25) is 5.88 Å². The van der Waals surface area contributed by atoms with Crippen molar-refractivity contribution in [2.24, 2.45) is 5.73 Å². The molecule has 0 saturated carbocycles. The number of rotatable bonds is 2. The van der Waals surface area contributed by atoms with Crippen LogP contribution in [0.5, 0.6) is 0 Å². The quantitative estimate of drug-likeness (QED) is 0.871. The summed E-state index contributed by atoms with van der Waals surface area (Å²) in [5.41, 5.74) is 7.30. The number of carbonyl (C=O) groups is 1. The molecule has 1 aliphatic heterocycles. The topological polar surface area (TPSA) is 93.9 Å². The van der Waals surface area contributed by atoms with Gasteiger partial charge >= 0.3 is 0 Å². The molecular formula is C15H15BrN4O2. The van der Waals surface area contributed by atoms with Crippen molar-refractivity contribution < 1.29 is 9.53 Å². The van der Waals surface area contributed by atoms with Crippen LogP contribution in [-0.4, -0.2) is 15.6 Å². The van der Waals surface area contributed by atoms with Crippen LogP contribution in [0, 0.1) is 11.3 Å². The standard InChI is InChI=1S/C15H15BrN4O2/c1-2-20-7-9(16)14(19-20)12-8(6-17)15(18)22-11-5-3-4-10(21)13(11)12/h7,12H,2-5,18H2,1H3/t12-/m0/s1.